The fraction of sp³-hybridized carbons (Fsp3) is 0.333. The van der Waals surface area contributed by atoms with Crippen LogP contribution < -0.4 is 5.73 Å². The molecule has 0 fully saturated rings. The Balaban J connectivity index is 2.33. The van der Waals surface area contributed by atoms with Crippen molar-refractivity contribution in [2.45, 2.75) is 13.0 Å². The summed E-state index contributed by atoms with van der Waals surface area (Å²) < 4.78 is 0. The summed E-state index contributed by atoms with van der Waals surface area (Å²) in [6.45, 7) is 1.87. The number of hydrogen-bond acceptors (Lipinski definition) is 6. The molecule has 2 heterocycles. The summed E-state index contributed by atoms with van der Waals surface area (Å²) in [5.41, 5.74) is 6.34. The predicted octanol–water partition coefficient (Wildman–Crippen LogP) is 0.343. The zero-order valence-electron chi connectivity index (χ0n) is 6.93. The second-order valence-corrected chi connectivity index (χ2v) is 3.60. The molecule has 0 aliphatic rings. The molecule has 0 aliphatic heterocycles. The highest BCUT2D eigenvalue weighted by atomic mass is 32.1. The molecule has 2 aromatic heterocycles. The van der Waals surface area contributed by atoms with Crippen molar-refractivity contribution in [3.05, 3.63) is 11.2 Å². The molecule has 7 heteroatoms. The lowest BCUT2D eigenvalue weighted by Gasteiger charge is -1.93. The van der Waals surface area contributed by atoms with Crippen LogP contribution in [0.5, 0.6) is 0 Å². The van der Waals surface area contributed by atoms with E-state index in [4.69, 9.17) is 5.73 Å². The van der Waals surface area contributed by atoms with Crippen LogP contribution in [0.25, 0.3) is 10.7 Å². The first-order valence-electron chi connectivity index (χ1n) is 3.72. The van der Waals surface area contributed by atoms with E-state index < -0.39 is 0 Å². The number of rotatable bonds is 2. The van der Waals surface area contributed by atoms with Crippen molar-refractivity contribution in [1.29, 1.82) is 0 Å². The quantitative estimate of drug-likeness (QED) is 0.722. The summed E-state index contributed by atoms with van der Waals surface area (Å²) in [6.07, 6.45) is 1.60. The Kier molecular flexibility index (Phi) is 2.03. The van der Waals surface area contributed by atoms with E-state index in [0.29, 0.717) is 5.69 Å². The molecule has 13 heavy (non-hydrogen) atoms. The van der Waals surface area contributed by atoms with E-state index in [1.807, 2.05) is 6.92 Å². The molecular weight excluding hydrogens is 188 g/mol. The van der Waals surface area contributed by atoms with Crippen LogP contribution in [0.3, 0.4) is 0 Å². The monoisotopic (exact) mass is 196 g/mol. The lowest BCUT2D eigenvalue weighted by atomic mass is 10.4. The van der Waals surface area contributed by atoms with E-state index in [1.165, 1.54) is 11.3 Å². The highest BCUT2D eigenvalue weighted by Gasteiger charge is 2.10. The third-order valence-corrected chi connectivity index (χ3v) is 2.61. The molecule has 2 aromatic rings. The zero-order chi connectivity index (χ0) is 9.26. The van der Waals surface area contributed by atoms with Gasteiger partial charge in [-0.05, 0) is 6.92 Å². The maximum Gasteiger partial charge on any atom is 0.169 e. The van der Waals surface area contributed by atoms with E-state index >= 15 is 0 Å². The van der Waals surface area contributed by atoms with Gasteiger partial charge in [0.25, 0.3) is 0 Å². The van der Waals surface area contributed by atoms with Gasteiger partial charge in [0, 0.05) is 0 Å². The minimum absolute atomic E-state index is 0.0850. The molecule has 1 atom stereocenters. The number of aromatic nitrogens is 5. The van der Waals surface area contributed by atoms with Crippen LogP contribution in [0, 0.1) is 0 Å². The molecule has 0 aliphatic carbocycles. The van der Waals surface area contributed by atoms with Gasteiger partial charge in [-0.15, -0.1) is 10.2 Å². The summed E-state index contributed by atoms with van der Waals surface area (Å²) in [6, 6.07) is -0.0850. The van der Waals surface area contributed by atoms with Crippen molar-refractivity contribution < 1.29 is 0 Å². The van der Waals surface area contributed by atoms with Crippen molar-refractivity contribution in [2.75, 3.05) is 0 Å². The molecule has 2 rings (SSSR count). The maximum atomic E-state index is 5.64. The van der Waals surface area contributed by atoms with Crippen LogP contribution >= 0.6 is 11.3 Å². The smallest absolute Gasteiger partial charge is 0.169 e. The first kappa shape index (κ1) is 8.27. The third-order valence-electron chi connectivity index (χ3n) is 1.46. The SMILES string of the molecule is CC(N)c1nnc(-c2cn[nH]n2)s1. The van der Waals surface area contributed by atoms with Crippen molar-refractivity contribution in [3.63, 3.8) is 0 Å². The van der Waals surface area contributed by atoms with Gasteiger partial charge in [-0.25, -0.2) is 0 Å². The second-order valence-electron chi connectivity index (χ2n) is 2.59. The van der Waals surface area contributed by atoms with E-state index in [1.54, 1.807) is 6.20 Å². The first-order valence-corrected chi connectivity index (χ1v) is 4.54. The van der Waals surface area contributed by atoms with Crippen molar-refractivity contribution >= 4 is 11.3 Å². The van der Waals surface area contributed by atoms with Crippen LogP contribution in [0.15, 0.2) is 6.20 Å². The van der Waals surface area contributed by atoms with Gasteiger partial charge in [-0.1, -0.05) is 11.3 Å². The number of nitrogens with two attached hydrogens (primary N) is 1. The molecule has 68 valence electrons. The van der Waals surface area contributed by atoms with E-state index in [2.05, 4.69) is 25.6 Å². The largest absolute Gasteiger partial charge is 0.322 e. The summed E-state index contributed by atoms with van der Waals surface area (Å²) in [4.78, 5) is 0. The van der Waals surface area contributed by atoms with Crippen LogP contribution in [0.4, 0.5) is 0 Å². The van der Waals surface area contributed by atoms with E-state index in [0.717, 1.165) is 10.0 Å². The molecule has 0 saturated heterocycles. The molecule has 3 N–H and O–H groups in total. The Hall–Kier alpha value is -1.34. The van der Waals surface area contributed by atoms with Crippen LogP contribution in [0.2, 0.25) is 0 Å². The fourth-order valence-electron chi connectivity index (χ4n) is 0.827. The molecule has 1 unspecified atom stereocenters. The number of aromatic amines is 1. The fourth-order valence-corrected chi connectivity index (χ4v) is 1.58. The van der Waals surface area contributed by atoms with E-state index in [9.17, 15) is 0 Å². The van der Waals surface area contributed by atoms with Gasteiger partial charge in [0.05, 0.1) is 12.2 Å². The molecule has 0 saturated carbocycles. The molecule has 0 amide bonds. The summed E-state index contributed by atoms with van der Waals surface area (Å²) in [5, 5.41) is 19.5. The van der Waals surface area contributed by atoms with Gasteiger partial charge in [-0.2, -0.15) is 15.4 Å². The molecule has 0 aromatic carbocycles. The van der Waals surface area contributed by atoms with Crippen LogP contribution in [-0.4, -0.2) is 25.6 Å². The Morgan fingerprint density at radius 1 is 1.54 bits per heavy atom. The van der Waals surface area contributed by atoms with Crippen LogP contribution in [0.1, 0.15) is 18.0 Å². The Labute approximate surface area is 78.2 Å². The zero-order valence-corrected chi connectivity index (χ0v) is 7.75. The van der Waals surface area contributed by atoms with Gasteiger partial charge >= 0.3 is 0 Å². The number of nitrogens with one attached hydrogen (secondary N) is 1. The average Bonchev–Trinajstić information content (AvgIpc) is 2.75. The van der Waals surface area contributed by atoms with Gasteiger partial charge in [0.15, 0.2) is 5.01 Å². The van der Waals surface area contributed by atoms with Gasteiger partial charge in [0.1, 0.15) is 10.7 Å². The van der Waals surface area contributed by atoms with Crippen molar-refractivity contribution in [3.8, 4) is 10.7 Å². The Morgan fingerprint density at radius 2 is 2.38 bits per heavy atom. The topological polar surface area (TPSA) is 93.4 Å². The lowest BCUT2D eigenvalue weighted by molar-refractivity contribution is 0.786. The third kappa shape index (κ3) is 1.56. The minimum Gasteiger partial charge on any atom is -0.322 e. The second kappa shape index (κ2) is 3.19. The molecule has 0 radical (unpaired) electrons. The predicted molar refractivity (Wildman–Crippen MR) is 47.9 cm³/mol. The van der Waals surface area contributed by atoms with Gasteiger partial charge in [0.2, 0.25) is 0 Å². The van der Waals surface area contributed by atoms with Gasteiger partial charge < -0.3 is 5.73 Å². The standard InChI is InChI=1S/C6H8N6S/c1-3(7)5-10-11-6(13-5)4-2-8-12-9-4/h2-3H,7H2,1H3,(H,8,9,12). The summed E-state index contributed by atoms with van der Waals surface area (Å²) in [5.74, 6) is 0. The highest BCUT2D eigenvalue weighted by molar-refractivity contribution is 7.14. The van der Waals surface area contributed by atoms with E-state index in [-0.39, 0.29) is 6.04 Å². The molecule has 6 nitrogen and oxygen atoms in total. The Bertz CT molecular complexity index is 377. The molecule has 0 bridgehead atoms. The summed E-state index contributed by atoms with van der Waals surface area (Å²) in [7, 11) is 0. The molecule has 0 spiro atoms. The average molecular weight is 196 g/mol. The molecular formula is C6H8N6S. The Morgan fingerprint density at radius 3 is 2.92 bits per heavy atom. The number of nitrogens with zero attached hydrogens (tertiary/aromatic N) is 4. The lowest BCUT2D eigenvalue weighted by Crippen LogP contribution is -2.03. The minimum atomic E-state index is -0.0850. The highest BCUT2D eigenvalue weighted by Crippen LogP contribution is 2.23. The number of H-pyrrole nitrogens is 1. The van der Waals surface area contributed by atoms with Crippen molar-refractivity contribution in [1.82, 2.24) is 25.6 Å². The normalized spacial score (nSPS) is 13.1. The first-order chi connectivity index (χ1) is 6.27. The maximum absolute atomic E-state index is 5.64. The summed E-state index contributed by atoms with van der Waals surface area (Å²) >= 11 is 1.43. The number of hydrogen-bond donors (Lipinski definition) is 2. The van der Waals surface area contributed by atoms with Crippen molar-refractivity contribution in [2.24, 2.45) is 5.73 Å². The van der Waals surface area contributed by atoms with Gasteiger partial charge in [-0.3, -0.25) is 0 Å². The van der Waals surface area contributed by atoms with Crippen LogP contribution in [-0.2, 0) is 0 Å².